The van der Waals surface area contributed by atoms with Crippen LogP contribution in [0.3, 0.4) is 0 Å². The van der Waals surface area contributed by atoms with E-state index in [0.717, 1.165) is 5.56 Å². The van der Waals surface area contributed by atoms with Crippen LogP contribution in [0, 0.1) is 0 Å². The minimum absolute atomic E-state index is 0.107. The summed E-state index contributed by atoms with van der Waals surface area (Å²) < 4.78 is 6.63. The van der Waals surface area contributed by atoms with Gasteiger partial charge in [-0.1, -0.05) is 24.3 Å². The smallest absolute Gasteiger partial charge is 0.267 e. The number of amidine groups is 1. The van der Waals surface area contributed by atoms with Crippen molar-refractivity contribution in [2.24, 2.45) is 16.7 Å². The fourth-order valence-corrected chi connectivity index (χ4v) is 3.29. The highest BCUT2D eigenvalue weighted by molar-refractivity contribution is 6.00. The lowest BCUT2D eigenvalue weighted by molar-refractivity contribution is 0.397. The third kappa shape index (κ3) is 3.63. The Hall–Kier alpha value is -4.44. The lowest BCUT2D eigenvalue weighted by Gasteiger charge is -2.12. The Morgan fingerprint density at radius 1 is 1.13 bits per heavy atom. The van der Waals surface area contributed by atoms with Crippen LogP contribution in [0.4, 0.5) is 5.95 Å². The van der Waals surface area contributed by atoms with Crippen molar-refractivity contribution in [3.8, 4) is 22.7 Å². The van der Waals surface area contributed by atoms with E-state index in [9.17, 15) is 4.79 Å². The first-order chi connectivity index (χ1) is 15.0. The van der Waals surface area contributed by atoms with Crippen molar-refractivity contribution >= 4 is 22.7 Å². The van der Waals surface area contributed by atoms with Gasteiger partial charge in [-0.3, -0.25) is 4.79 Å². The molecule has 10 nitrogen and oxygen atoms in total. The summed E-state index contributed by atoms with van der Waals surface area (Å²) in [6.07, 6.45) is 1.62. The first-order valence-corrected chi connectivity index (χ1v) is 9.24. The van der Waals surface area contributed by atoms with Gasteiger partial charge in [0.05, 0.1) is 29.3 Å². The molecule has 0 unspecified atom stereocenters. The number of hydrogen-bond acceptors (Lipinski definition) is 8. The molecule has 0 spiro atoms. The van der Waals surface area contributed by atoms with Crippen LogP contribution in [0.5, 0.6) is 5.88 Å². The van der Waals surface area contributed by atoms with Crippen molar-refractivity contribution in [2.45, 2.75) is 0 Å². The van der Waals surface area contributed by atoms with Crippen LogP contribution in [0.2, 0.25) is 0 Å². The maximum Gasteiger partial charge on any atom is 0.267 e. The molecule has 31 heavy (non-hydrogen) atoms. The molecule has 10 heteroatoms. The number of nitrogen functional groups attached to an aromatic ring is 1. The summed E-state index contributed by atoms with van der Waals surface area (Å²) in [5, 5.41) is 4.20. The molecule has 0 fully saturated rings. The normalized spacial score (nSPS) is 11.5. The second kappa shape index (κ2) is 8.13. The highest BCUT2D eigenvalue weighted by Gasteiger charge is 2.14. The van der Waals surface area contributed by atoms with Gasteiger partial charge in [0.25, 0.3) is 5.56 Å². The molecule has 0 aliphatic rings. The average Bonchev–Trinajstić information content (AvgIpc) is 2.79. The molecule has 2 aromatic heterocycles. The Labute approximate surface area is 177 Å². The van der Waals surface area contributed by atoms with Crippen molar-refractivity contribution in [3.63, 3.8) is 0 Å². The molecule has 0 amide bonds. The van der Waals surface area contributed by atoms with E-state index in [1.165, 1.54) is 11.7 Å². The summed E-state index contributed by atoms with van der Waals surface area (Å²) in [5.41, 5.74) is 16.9. The number of hydrogen-bond donors (Lipinski definition) is 4. The van der Waals surface area contributed by atoms with Crippen molar-refractivity contribution < 1.29 is 4.74 Å². The Morgan fingerprint density at radius 3 is 2.61 bits per heavy atom. The van der Waals surface area contributed by atoms with E-state index in [2.05, 4.69) is 20.6 Å². The zero-order valence-electron chi connectivity index (χ0n) is 16.6. The summed E-state index contributed by atoms with van der Waals surface area (Å²) in [6, 6.07) is 16.2. The molecular weight excluding hydrogens is 396 g/mol. The number of nitrogens with zero attached hydrogens (tertiary/aromatic N) is 4. The molecule has 0 saturated carbocycles. The molecule has 0 aliphatic heterocycles. The van der Waals surface area contributed by atoms with Crippen LogP contribution in [-0.4, -0.2) is 27.5 Å². The summed E-state index contributed by atoms with van der Waals surface area (Å²) in [4.78, 5) is 21.9. The molecule has 2 heterocycles. The number of ether oxygens (including phenoxy) is 1. The molecule has 156 valence electrons. The van der Waals surface area contributed by atoms with Crippen LogP contribution in [0.15, 0.2) is 70.7 Å². The Balaban J connectivity index is 1.90. The molecule has 0 radical (unpaired) electrons. The monoisotopic (exact) mass is 416 g/mol. The number of pyridine rings is 1. The van der Waals surface area contributed by atoms with E-state index in [1.807, 2.05) is 24.3 Å². The second-order valence-electron chi connectivity index (χ2n) is 6.59. The van der Waals surface area contributed by atoms with Gasteiger partial charge in [-0.25, -0.2) is 25.9 Å². The van der Waals surface area contributed by atoms with Gasteiger partial charge in [0.2, 0.25) is 11.8 Å². The van der Waals surface area contributed by atoms with Crippen LogP contribution in [0.1, 0.15) is 5.56 Å². The Kier molecular flexibility index (Phi) is 5.21. The minimum Gasteiger partial charge on any atom is -0.480 e. The second-order valence-corrected chi connectivity index (χ2v) is 6.59. The van der Waals surface area contributed by atoms with Gasteiger partial charge in [0.15, 0.2) is 5.84 Å². The number of fused-ring (bicyclic) bond motifs is 1. The maximum atomic E-state index is 13.2. The molecule has 0 saturated heterocycles. The predicted octanol–water partition coefficient (Wildman–Crippen LogP) is 1.12. The lowest BCUT2D eigenvalue weighted by atomic mass is 10.0. The largest absolute Gasteiger partial charge is 0.480 e. The van der Waals surface area contributed by atoms with E-state index in [4.69, 9.17) is 22.0 Å². The summed E-state index contributed by atoms with van der Waals surface area (Å²) in [7, 11) is 1.48. The number of rotatable bonds is 5. The number of hydrazone groups is 1. The molecule has 0 bridgehead atoms. The van der Waals surface area contributed by atoms with Crippen molar-refractivity contribution in [1.29, 1.82) is 0 Å². The molecular formula is C21H20N8O2. The van der Waals surface area contributed by atoms with Gasteiger partial charge < -0.3 is 16.2 Å². The van der Waals surface area contributed by atoms with Crippen LogP contribution >= 0.6 is 0 Å². The third-order valence-electron chi connectivity index (χ3n) is 4.75. The number of nitrogens with two attached hydrogens (primary N) is 3. The number of nitrogens with one attached hydrogen (secondary N) is 1. The van der Waals surface area contributed by atoms with Gasteiger partial charge in [-0.2, -0.15) is 0 Å². The number of para-hydroxylation sites is 1. The Morgan fingerprint density at radius 2 is 1.90 bits per heavy atom. The van der Waals surface area contributed by atoms with Gasteiger partial charge in [-0.15, -0.1) is 5.10 Å². The van der Waals surface area contributed by atoms with Gasteiger partial charge >= 0.3 is 0 Å². The van der Waals surface area contributed by atoms with E-state index in [0.29, 0.717) is 33.6 Å². The van der Waals surface area contributed by atoms with Crippen LogP contribution < -0.4 is 33.1 Å². The number of aromatic nitrogens is 3. The molecule has 4 rings (SSSR count). The van der Waals surface area contributed by atoms with Crippen LogP contribution in [-0.2, 0) is 0 Å². The summed E-state index contributed by atoms with van der Waals surface area (Å²) in [6.45, 7) is 0. The predicted molar refractivity (Wildman–Crippen MR) is 120 cm³/mol. The highest BCUT2D eigenvalue weighted by Crippen LogP contribution is 2.26. The molecule has 2 aromatic carbocycles. The third-order valence-corrected chi connectivity index (χ3v) is 4.75. The minimum atomic E-state index is -0.273. The van der Waals surface area contributed by atoms with Crippen molar-refractivity contribution in [1.82, 2.24) is 20.1 Å². The first-order valence-electron chi connectivity index (χ1n) is 9.24. The zero-order valence-corrected chi connectivity index (χ0v) is 16.6. The topological polar surface area (TPSA) is 159 Å². The summed E-state index contributed by atoms with van der Waals surface area (Å²) in [5.74, 6) is 5.74. The van der Waals surface area contributed by atoms with E-state index >= 15 is 0 Å². The number of anilines is 1. The fourth-order valence-electron chi connectivity index (χ4n) is 3.29. The van der Waals surface area contributed by atoms with Crippen molar-refractivity contribution in [3.05, 3.63) is 76.7 Å². The SMILES string of the molecule is COc1ncc(-c2ccc3nc(N)n(-c4ccccc4)c(=O)c3c2)cc1/C(N)=N/NN. The lowest BCUT2D eigenvalue weighted by Crippen LogP contribution is -2.23. The summed E-state index contributed by atoms with van der Waals surface area (Å²) >= 11 is 0. The first kappa shape index (κ1) is 19.9. The quantitative estimate of drug-likeness (QED) is 0.163. The maximum absolute atomic E-state index is 13.2. The zero-order chi connectivity index (χ0) is 22.0. The van der Waals surface area contributed by atoms with E-state index in [1.54, 1.807) is 36.5 Å². The molecule has 0 aliphatic carbocycles. The average molecular weight is 416 g/mol. The molecule has 4 aromatic rings. The van der Waals surface area contributed by atoms with Crippen LogP contribution in [0.25, 0.3) is 27.7 Å². The fraction of sp³-hybridized carbons (Fsp3) is 0.0476. The number of hydrazine groups is 1. The number of benzene rings is 2. The molecule has 0 atom stereocenters. The van der Waals surface area contributed by atoms with Crippen molar-refractivity contribution in [2.75, 3.05) is 12.8 Å². The molecule has 7 N–H and O–H groups in total. The Bertz CT molecular complexity index is 1350. The van der Waals surface area contributed by atoms with Gasteiger partial charge in [0.1, 0.15) is 0 Å². The van der Waals surface area contributed by atoms with Gasteiger partial charge in [0, 0.05) is 11.8 Å². The van der Waals surface area contributed by atoms with E-state index in [-0.39, 0.29) is 17.3 Å². The standard InChI is InChI=1S/C21H20N8O2/c1-31-19-16(18(22)27-28-24)10-13(11-25-19)12-7-8-17-15(9-12)20(30)29(21(23)26-17)14-5-3-2-4-6-14/h2-11,28H,24H2,1H3,(H2,22,27)(H2,23,26). The van der Waals surface area contributed by atoms with Gasteiger partial charge in [-0.05, 0) is 35.9 Å². The van der Waals surface area contributed by atoms with E-state index < -0.39 is 0 Å². The number of methoxy groups -OCH3 is 1. The highest BCUT2D eigenvalue weighted by atomic mass is 16.5.